The van der Waals surface area contributed by atoms with Gasteiger partial charge >= 0.3 is 0 Å². The van der Waals surface area contributed by atoms with E-state index in [1.165, 1.54) is 18.4 Å². The van der Waals surface area contributed by atoms with Gasteiger partial charge in [0.25, 0.3) is 0 Å². The Labute approximate surface area is 104 Å². The van der Waals surface area contributed by atoms with Gasteiger partial charge in [-0.1, -0.05) is 0 Å². The lowest BCUT2D eigenvalue weighted by Gasteiger charge is -2.37. The number of likely N-dealkylation sites (tertiary alicyclic amines) is 1. The summed E-state index contributed by atoms with van der Waals surface area (Å²) in [6, 6.07) is 0.809. The first kappa shape index (κ1) is 12.6. The molecule has 1 aromatic heterocycles. The minimum Gasteiger partial charge on any atom is -0.328 e. The third-order valence-electron chi connectivity index (χ3n) is 4.07. The minimum absolute atomic E-state index is 0.339. The Balaban J connectivity index is 1.92. The average molecular weight is 236 g/mol. The van der Waals surface area contributed by atoms with E-state index < -0.39 is 0 Å². The molecule has 1 aromatic rings. The Bertz CT molecular complexity index is 350. The molecule has 0 radical (unpaired) electrons. The molecule has 1 fully saturated rings. The number of hydrogen-bond donors (Lipinski definition) is 1. The van der Waals surface area contributed by atoms with E-state index in [1.54, 1.807) is 0 Å². The van der Waals surface area contributed by atoms with Gasteiger partial charge in [0.2, 0.25) is 0 Å². The quantitative estimate of drug-likeness (QED) is 0.866. The normalized spacial score (nSPS) is 22.6. The van der Waals surface area contributed by atoms with E-state index in [2.05, 4.69) is 30.0 Å². The van der Waals surface area contributed by atoms with Gasteiger partial charge in [-0.05, 0) is 45.7 Å². The molecule has 2 heterocycles. The number of rotatable bonds is 3. The molecule has 2 rings (SSSR count). The van der Waals surface area contributed by atoms with Crippen molar-refractivity contribution in [1.82, 2.24) is 14.7 Å². The highest BCUT2D eigenvalue weighted by Crippen LogP contribution is 2.27. The Hall–Kier alpha value is -0.870. The van der Waals surface area contributed by atoms with E-state index in [9.17, 15) is 0 Å². The highest BCUT2D eigenvalue weighted by Gasteiger charge is 2.25. The average Bonchev–Trinajstić information content (AvgIpc) is 2.75. The van der Waals surface area contributed by atoms with Crippen LogP contribution in [0.2, 0.25) is 0 Å². The predicted molar refractivity (Wildman–Crippen MR) is 69.6 cm³/mol. The highest BCUT2D eigenvalue weighted by molar-refractivity contribution is 5.09. The molecule has 1 saturated heterocycles. The van der Waals surface area contributed by atoms with Crippen LogP contribution >= 0.6 is 0 Å². The molecule has 2 atom stereocenters. The molecule has 1 aliphatic heterocycles. The van der Waals surface area contributed by atoms with Crippen LogP contribution in [0.4, 0.5) is 0 Å². The van der Waals surface area contributed by atoms with Crippen molar-refractivity contribution in [3.63, 3.8) is 0 Å². The summed E-state index contributed by atoms with van der Waals surface area (Å²) in [6.45, 7) is 6.71. The molecule has 96 valence electrons. The van der Waals surface area contributed by atoms with E-state index in [4.69, 9.17) is 5.73 Å². The Morgan fingerprint density at radius 3 is 2.47 bits per heavy atom. The summed E-state index contributed by atoms with van der Waals surface area (Å²) >= 11 is 0. The van der Waals surface area contributed by atoms with E-state index in [0.717, 1.165) is 13.1 Å². The molecule has 4 heteroatoms. The van der Waals surface area contributed by atoms with Crippen molar-refractivity contribution in [2.75, 3.05) is 13.1 Å². The van der Waals surface area contributed by atoms with Crippen LogP contribution in [0, 0.1) is 5.92 Å². The fourth-order valence-electron chi connectivity index (χ4n) is 2.70. The molecular formula is C13H24N4. The van der Waals surface area contributed by atoms with E-state index in [0.29, 0.717) is 18.0 Å². The first-order valence-electron chi connectivity index (χ1n) is 6.56. The predicted octanol–water partition coefficient (Wildman–Crippen LogP) is 1.54. The zero-order valence-corrected chi connectivity index (χ0v) is 11.1. The van der Waals surface area contributed by atoms with E-state index >= 15 is 0 Å². The molecule has 2 unspecified atom stereocenters. The zero-order valence-electron chi connectivity index (χ0n) is 11.1. The monoisotopic (exact) mass is 236 g/mol. The molecule has 0 bridgehead atoms. The molecule has 0 aromatic carbocycles. The van der Waals surface area contributed by atoms with Gasteiger partial charge in [0.1, 0.15) is 0 Å². The summed E-state index contributed by atoms with van der Waals surface area (Å²) < 4.78 is 1.88. The van der Waals surface area contributed by atoms with Crippen molar-refractivity contribution < 1.29 is 0 Å². The summed E-state index contributed by atoms with van der Waals surface area (Å²) in [5.74, 6) is 0.701. The lowest BCUT2D eigenvalue weighted by atomic mass is 9.90. The van der Waals surface area contributed by atoms with Gasteiger partial charge in [-0.3, -0.25) is 9.58 Å². The Morgan fingerprint density at radius 2 is 2.00 bits per heavy atom. The highest BCUT2D eigenvalue weighted by atomic mass is 15.2. The lowest BCUT2D eigenvalue weighted by molar-refractivity contribution is 0.132. The fraction of sp³-hybridized carbons (Fsp3) is 0.769. The Kier molecular flexibility index (Phi) is 3.84. The second-order valence-corrected chi connectivity index (χ2v) is 5.36. The maximum absolute atomic E-state index is 5.97. The number of aromatic nitrogens is 2. The van der Waals surface area contributed by atoms with Gasteiger partial charge in [0, 0.05) is 30.9 Å². The van der Waals surface area contributed by atoms with Gasteiger partial charge in [-0.2, -0.15) is 5.10 Å². The van der Waals surface area contributed by atoms with Gasteiger partial charge < -0.3 is 5.73 Å². The largest absolute Gasteiger partial charge is 0.328 e. The van der Waals surface area contributed by atoms with E-state index in [1.807, 2.05) is 17.9 Å². The smallest absolute Gasteiger partial charge is 0.0537 e. The third-order valence-corrected chi connectivity index (χ3v) is 4.07. The number of nitrogens with zero attached hydrogens (tertiary/aromatic N) is 3. The maximum atomic E-state index is 5.97. The van der Waals surface area contributed by atoms with Crippen molar-refractivity contribution in [2.24, 2.45) is 18.7 Å². The molecule has 1 aliphatic rings. The molecule has 17 heavy (non-hydrogen) atoms. The molecule has 0 aliphatic carbocycles. The number of piperidine rings is 1. The topological polar surface area (TPSA) is 47.1 Å². The summed E-state index contributed by atoms with van der Waals surface area (Å²) in [6.07, 6.45) is 6.54. The maximum Gasteiger partial charge on any atom is 0.0537 e. The Morgan fingerprint density at radius 1 is 1.35 bits per heavy atom. The lowest BCUT2D eigenvalue weighted by Crippen LogP contribution is -2.40. The zero-order chi connectivity index (χ0) is 12.4. The van der Waals surface area contributed by atoms with Crippen LogP contribution in [-0.2, 0) is 7.05 Å². The standard InChI is InChI=1S/C13H24N4/c1-10(14)12-4-6-17(7-5-12)11(2)13-8-15-16(3)9-13/h8-12H,4-7,14H2,1-3H3. The van der Waals surface area contributed by atoms with Crippen molar-refractivity contribution in [3.8, 4) is 0 Å². The number of nitrogens with two attached hydrogens (primary N) is 1. The molecule has 0 saturated carbocycles. The summed E-state index contributed by atoms with van der Waals surface area (Å²) in [5, 5.41) is 4.25. The second kappa shape index (κ2) is 5.19. The van der Waals surface area contributed by atoms with Crippen LogP contribution < -0.4 is 5.73 Å². The van der Waals surface area contributed by atoms with Gasteiger partial charge in [0.15, 0.2) is 0 Å². The van der Waals surface area contributed by atoms with E-state index in [-0.39, 0.29) is 0 Å². The number of hydrogen-bond acceptors (Lipinski definition) is 3. The van der Waals surface area contributed by atoms with Crippen molar-refractivity contribution in [1.29, 1.82) is 0 Å². The van der Waals surface area contributed by atoms with Crippen molar-refractivity contribution in [3.05, 3.63) is 18.0 Å². The summed E-state index contributed by atoms with van der Waals surface area (Å²) in [7, 11) is 1.97. The van der Waals surface area contributed by atoms with Crippen LogP contribution in [0.3, 0.4) is 0 Å². The SMILES string of the molecule is CC(N)C1CCN(C(C)c2cnn(C)c2)CC1. The minimum atomic E-state index is 0.339. The van der Waals surface area contributed by atoms with Crippen molar-refractivity contribution in [2.45, 2.75) is 38.8 Å². The molecule has 2 N–H and O–H groups in total. The molecule has 0 spiro atoms. The van der Waals surface area contributed by atoms with Crippen LogP contribution in [-0.4, -0.2) is 33.8 Å². The summed E-state index contributed by atoms with van der Waals surface area (Å²) in [5.41, 5.74) is 7.28. The van der Waals surface area contributed by atoms with Crippen LogP contribution in [0.15, 0.2) is 12.4 Å². The molecular weight excluding hydrogens is 212 g/mol. The van der Waals surface area contributed by atoms with Crippen LogP contribution in [0.1, 0.15) is 38.3 Å². The molecule has 4 nitrogen and oxygen atoms in total. The van der Waals surface area contributed by atoms with Crippen LogP contribution in [0.5, 0.6) is 0 Å². The number of aryl methyl sites for hydroxylation is 1. The van der Waals surface area contributed by atoms with Crippen molar-refractivity contribution >= 4 is 0 Å². The summed E-state index contributed by atoms with van der Waals surface area (Å²) in [4.78, 5) is 2.54. The van der Waals surface area contributed by atoms with Gasteiger partial charge in [-0.15, -0.1) is 0 Å². The fourth-order valence-corrected chi connectivity index (χ4v) is 2.70. The van der Waals surface area contributed by atoms with Gasteiger partial charge in [0.05, 0.1) is 6.20 Å². The van der Waals surface area contributed by atoms with Crippen LogP contribution in [0.25, 0.3) is 0 Å². The third kappa shape index (κ3) is 2.87. The second-order valence-electron chi connectivity index (χ2n) is 5.36. The van der Waals surface area contributed by atoms with Gasteiger partial charge in [-0.25, -0.2) is 0 Å². The first-order chi connectivity index (χ1) is 8.08. The first-order valence-corrected chi connectivity index (χ1v) is 6.56. The molecule has 0 amide bonds.